The van der Waals surface area contributed by atoms with Crippen LogP contribution < -0.4 is 0 Å². The zero-order chi connectivity index (χ0) is 10.8. The summed E-state index contributed by atoms with van der Waals surface area (Å²) in [5.74, 6) is 0. The summed E-state index contributed by atoms with van der Waals surface area (Å²) < 4.78 is 16.2. The molecule has 0 N–H and O–H groups in total. The van der Waals surface area contributed by atoms with Gasteiger partial charge in [0, 0.05) is 13.2 Å². The molecule has 0 amide bonds. The third-order valence-electron chi connectivity index (χ3n) is 2.23. The molecule has 86 valence electrons. The zero-order valence-corrected chi connectivity index (χ0v) is 9.11. The van der Waals surface area contributed by atoms with Crippen molar-refractivity contribution in [3.8, 4) is 6.07 Å². The third-order valence-corrected chi connectivity index (χ3v) is 2.23. The fourth-order valence-electron chi connectivity index (χ4n) is 1.44. The lowest BCUT2D eigenvalue weighted by Gasteiger charge is -2.22. The molecule has 1 unspecified atom stereocenters. The predicted octanol–water partition coefficient (Wildman–Crippen LogP) is 1.85. The maximum atomic E-state index is 8.27. The Morgan fingerprint density at radius 1 is 1.27 bits per heavy atom. The maximum absolute atomic E-state index is 8.27. The topological polar surface area (TPSA) is 51.5 Å². The summed E-state index contributed by atoms with van der Waals surface area (Å²) in [6.07, 6.45) is 4.69. The lowest BCUT2D eigenvalue weighted by molar-refractivity contribution is -0.164. The Balaban J connectivity index is 1.82. The number of ether oxygens (including phenoxy) is 3. The highest BCUT2D eigenvalue weighted by Crippen LogP contribution is 2.13. The molecule has 0 saturated carbocycles. The first-order chi connectivity index (χ1) is 7.43. The van der Waals surface area contributed by atoms with E-state index in [-0.39, 0.29) is 6.29 Å². The van der Waals surface area contributed by atoms with Crippen molar-refractivity contribution in [3.63, 3.8) is 0 Å². The van der Waals surface area contributed by atoms with E-state index in [1.807, 2.05) is 6.07 Å². The Hall–Kier alpha value is -0.630. The normalized spacial score (nSPS) is 21.1. The molecule has 1 fully saturated rings. The Bertz CT molecular complexity index is 185. The summed E-state index contributed by atoms with van der Waals surface area (Å²) in [6, 6.07) is 2.03. The van der Waals surface area contributed by atoms with Gasteiger partial charge in [-0.25, -0.2) is 0 Å². The Morgan fingerprint density at radius 3 is 2.93 bits per heavy atom. The van der Waals surface area contributed by atoms with Gasteiger partial charge >= 0.3 is 0 Å². The molecule has 0 spiro atoms. The van der Waals surface area contributed by atoms with E-state index in [0.717, 1.165) is 25.9 Å². The first-order valence-electron chi connectivity index (χ1n) is 5.61. The van der Waals surface area contributed by atoms with Gasteiger partial charge in [0.05, 0.1) is 25.7 Å². The summed E-state index contributed by atoms with van der Waals surface area (Å²) in [6.45, 7) is 2.69. The second-order valence-corrected chi connectivity index (χ2v) is 3.54. The first kappa shape index (κ1) is 12.4. The van der Waals surface area contributed by atoms with Crippen LogP contribution in [0.2, 0.25) is 0 Å². The van der Waals surface area contributed by atoms with E-state index in [1.54, 1.807) is 0 Å². The lowest BCUT2D eigenvalue weighted by atomic mass is 10.2. The van der Waals surface area contributed by atoms with Gasteiger partial charge in [-0.3, -0.25) is 0 Å². The molecule has 1 saturated heterocycles. The Labute approximate surface area is 91.1 Å². The van der Waals surface area contributed by atoms with Crippen molar-refractivity contribution in [2.45, 2.75) is 38.4 Å². The maximum Gasteiger partial charge on any atom is 0.157 e. The molecule has 4 nitrogen and oxygen atoms in total. The molecule has 1 heterocycles. The first-order valence-corrected chi connectivity index (χ1v) is 5.61. The van der Waals surface area contributed by atoms with E-state index < -0.39 is 0 Å². The van der Waals surface area contributed by atoms with Crippen LogP contribution in [0.15, 0.2) is 0 Å². The van der Waals surface area contributed by atoms with Crippen LogP contribution >= 0.6 is 0 Å². The zero-order valence-electron chi connectivity index (χ0n) is 9.11. The molecule has 0 bridgehead atoms. The monoisotopic (exact) mass is 213 g/mol. The Morgan fingerprint density at radius 2 is 2.20 bits per heavy atom. The van der Waals surface area contributed by atoms with Crippen molar-refractivity contribution < 1.29 is 14.2 Å². The Kier molecular flexibility index (Phi) is 7.18. The van der Waals surface area contributed by atoms with Crippen molar-refractivity contribution >= 4 is 0 Å². The number of hydrogen-bond donors (Lipinski definition) is 0. The van der Waals surface area contributed by atoms with Gasteiger partial charge in [0.25, 0.3) is 0 Å². The van der Waals surface area contributed by atoms with Crippen LogP contribution in [0.3, 0.4) is 0 Å². The van der Waals surface area contributed by atoms with Gasteiger partial charge in [0.15, 0.2) is 6.29 Å². The van der Waals surface area contributed by atoms with Crippen LogP contribution in [0.1, 0.15) is 32.1 Å². The van der Waals surface area contributed by atoms with Gasteiger partial charge in [0.1, 0.15) is 0 Å². The third kappa shape index (κ3) is 6.45. The van der Waals surface area contributed by atoms with Gasteiger partial charge in [-0.2, -0.15) is 5.26 Å². The fraction of sp³-hybridized carbons (Fsp3) is 0.909. The highest BCUT2D eigenvalue weighted by Gasteiger charge is 2.13. The molecule has 4 heteroatoms. The van der Waals surface area contributed by atoms with E-state index in [9.17, 15) is 0 Å². The summed E-state index contributed by atoms with van der Waals surface area (Å²) in [7, 11) is 0. The molecule has 0 aromatic rings. The average Bonchev–Trinajstić information content (AvgIpc) is 2.29. The number of nitrogens with zero attached hydrogens (tertiary/aromatic N) is 1. The van der Waals surface area contributed by atoms with Gasteiger partial charge in [-0.15, -0.1) is 0 Å². The molecule has 1 aliphatic rings. The minimum atomic E-state index is -0.00198. The lowest BCUT2D eigenvalue weighted by Crippen LogP contribution is -2.23. The number of nitriles is 1. The van der Waals surface area contributed by atoms with Crippen LogP contribution in [-0.4, -0.2) is 32.7 Å². The summed E-state index contributed by atoms with van der Waals surface area (Å²) in [4.78, 5) is 0. The van der Waals surface area contributed by atoms with Gasteiger partial charge < -0.3 is 14.2 Å². The second kappa shape index (κ2) is 8.66. The highest BCUT2D eigenvalue weighted by atomic mass is 16.7. The second-order valence-electron chi connectivity index (χ2n) is 3.54. The predicted molar refractivity (Wildman–Crippen MR) is 55.2 cm³/mol. The van der Waals surface area contributed by atoms with E-state index in [4.69, 9.17) is 19.5 Å². The minimum absolute atomic E-state index is 0.00198. The summed E-state index contributed by atoms with van der Waals surface area (Å²) in [5, 5.41) is 8.27. The minimum Gasteiger partial charge on any atom is -0.380 e. The standard InChI is InChI=1S/C11H19NO3/c12-6-3-7-13-8-4-10-15-11-5-1-2-9-14-11/h11H,1-5,7-10H2. The van der Waals surface area contributed by atoms with Crippen molar-refractivity contribution in [2.24, 2.45) is 0 Å². The molecule has 1 aliphatic heterocycles. The average molecular weight is 213 g/mol. The van der Waals surface area contributed by atoms with Gasteiger partial charge in [0.2, 0.25) is 0 Å². The van der Waals surface area contributed by atoms with Crippen LogP contribution in [0, 0.1) is 11.3 Å². The molecule has 0 radical (unpaired) electrons. The fourth-order valence-corrected chi connectivity index (χ4v) is 1.44. The van der Waals surface area contributed by atoms with E-state index in [2.05, 4.69) is 0 Å². The van der Waals surface area contributed by atoms with Crippen LogP contribution in [0.5, 0.6) is 0 Å². The van der Waals surface area contributed by atoms with E-state index in [1.165, 1.54) is 6.42 Å². The molecular formula is C11H19NO3. The highest BCUT2D eigenvalue weighted by molar-refractivity contribution is 4.66. The SMILES string of the molecule is N#CCCOCCCOC1CCCCO1. The number of rotatable bonds is 7. The quantitative estimate of drug-likeness (QED) is 0.606. The molecular weight excluding hydrogens is 194 g/mol. The molecule has 0 aromatic carbocycles. The summed E-state index contributed by atoms with van der Waals surface area (Å²) >= 11 is 0. The molecule has 1 rings (SSSR count). The largest absolute Gasteiger partial charge is 0.380 e. The molecule has 0 aliphatic carbocycles. The van der Waals surface area contributed by atoms with Crippen molar-refractivity contribution in [1.82, 2.24) is 0 Å². The van der Waals surface area contributed by atoms with Crippen molar-refractivity contribution in [2.75, 3.05) is 26.4 Å². The molecule has 15 heavy (non-hydrogen) atoms. The van der Waals surface area contributed by atoms with Crippen LogP contribution in [-0.2, 0) is 14.2 Å². The van der Waals surface area contributed by atoms with Crippen molar-refractivity contribution in [1.29, 1.82) is 5.26 Å². The van der Waals surface area contributed by atoms with Crippen LogP contribution in [0.4, 0.5) is 0 Å². The van der Waals surface area contributed by atoms with E-state index >= 15 is 0 Å². The molecule has 0 aromatic heterocycles. The van der Waals surface area contributed by atoms with Gasteiger partial charge in [-0.1, -0.05) is 0 Å². The molecule has 1 atom stereocenters. The number of hydrogen-bond acceptors (Lipinski definition) is 4. The van der Waals surface area contributed by atoms with Gasteiger partial charge in [-0.05, 0) is 25.7 Å². The van der Waals surface area contributed by atoms with E-state index in [0.29, 0.717) is 26.2 Å². The smallest absolute Gasteiger partial charge is 0.157 e. The van der Waals surface area contributed by atoms with Crippen molar-refractivity contribution in [3.05, 3.63) is 0 Å². The van der Waals surface area contributed by atoms with Crippen LogP contribution in [0.25, 0.3) is 0 Å². The summed E-state index contributed by atoms with van der Waals surface area (Å²) in [5.41, 5.74) is 0.